The van der Waals surface area contributed by atoms with Gasteiger partial charge in [0.05, 0.1) is 11.4 Å². The number of nitrogens with one attached hydrogen (secondary N) is 2. The summed E-state index contributed by atoms with van der Waals surface area (Å²) in [7, 11) is 2.33. The topological polar surface area (TPSA) is 24.1 Å². The molecule has 0 aromatic rings. The lowest BCUT2D eigenvalue weighted by atomic mass is 10.4. The summed E-state index contributed by atoms with van der Waals surface area (Å²) >= 11 is 5.27. The fraction of sp³-hybridized carbons (Fsp3) is 0.333. The number of rotatable bonds is 4. The van der Waals surface area contributed by atoms with Gasteiger partial charge in [0, 0.05) is 5.38 Å². The van der Waals surface area contributed by atoms with Gasteiger partial charge in [-0.05, 0) is 29.4 Å². The van der Waals surface area contributed by atoms with Crippen LogP contribution < -0.4 is 10.4 Å². The normalized spacial score (nSPS) is 8.08. The van der Waals surface area contributed by atoms with Crippen LogP contribution in [0.1, 0.15) is 13.8 Å². The minimum Gasteiger partial charge on any atom is -0.368 e. The van der Waals surface area contributed by atoms with Crippen molar-refractivity contribution in [2.45, 2.75) is 19.2 Å². The molecule has 0 aromatic heterocycles. The minimum absolute atomic E-state index is 0.306. The first-order chi connectivity index (χ1) is 5.95. The molecular formula is C9H18ClN2P. The average Bonchev–Trinajstić information content (AvgIpc) is 2.02. The monoisotopic (exact) mass is 220 g/mol. The summed E-state index contributed by atoms with van der Waals surface area (Å²) in [6, 6.07) is 0. The smallest absolute Gasteiger partial charge is 0.0538 e. The first-order valence-corrected chi connectivity index (χ1v) is 4.83. The maximum atomic E-state index is 5.27. The number of halogens is 1. The molecule has 0 heterocycles. The first kappa shape index (κ1) is 15.0. The Morgan fingerprint density at radius 2 is 1.77 bits per heavy atom. The van der Waals surface area contributed by atoms with Crippen molar-refractivity contribution in [3.05, 3.63) is 37.3 Å². The van der Waals surface area contributed by atoms with Crippen LogP contribution in [0, 0.1) is 0 Å². The average molecular weight is 221 g/mol. The summed E-state index contributed by atoms with van der Waals surface area (Å²) in [5.41, 5.74) is 1.46. The second-order valence-electron chi connectivity index (χ2n) is 2.46. The Morgan fingerprint density at radius 3 is 2.00 bits per heavy atom. The van der Waals surface area contributed by atoms with Gasteiger partial charge in [0.1, 0.15) is 0 Å². The molecule has 0 aromatic carbocycles. The minimum atomic E-state index is 0.306. The van der Waals surface area contributed by atoms with Crippen molar-refractivity contribution in [1.29, 1.82) is 0 Å². The molecule has 0 saturated heterocycles. The number of alkyl halides is 1. The Labute approximate surface area is 88.4 Å². The summed E-state index contributed by atoms with van der Waals surface area (Å²) in [4.78, 5) is 0. The van der Waals surface area contributed by atoms with Crippen LogP contribution in [-0.4, -0.2) is 5.38 Å². The van der Waals surface area contributed by atoms with Crippen molar-refractivity contribution in [3.8, 4) is 0 Å². The predicted molar refractivity (Wildman–Crippen MR) is 65.4 cm³/mol. The SMILES string of the molecule is C=CNC(=C)C(=C)NP.CC(C)Cl. The Kier molecular flexibility index (Phi) is 11.1. The maximum Gasteiger partial charge on any atom is 0.0538 e. The molecular weight excluding hydrogens is 203 g/mol. The van der Waals surface area contributed by atoms with E-state index < -0.39 is 0 Å². The largest absolute Gasteiger partial charge is 0.368 e. The van der Waals surface area contributed by atoms with E-state index in [0.29, 0.717) is 5.38 Å². The Bertz CT molecular complexity index is 176. The zero-order valence-corrected chi connectivity index (χ0v) is 10.1. The molecule has 2 nitrogen and oxygen atoms in total. The number of hydrogen-bond acceptors (Lipinski definition) is 2. The lowest BCUT2D eigenvalue weighted by molar-refractivity contribution is 1.04. The fourth-order valence-corrected chi connectivity index (χ4v) is 0.472. The van der Waals surface area contributed by atoms with Gasteiger partial charge in [0.15, 0.2) is 0 Å². The van der Waals surface area contributed by atoms with Gasteiger partial charge < -0.3 is 10.4 Å². The van der Waals surface area contributed by atoms with Crippen LogP contribution in [0.4, 0.5) is 0 Å². The highest BCUT2D eigenvalue weighted by molar-refractivity contribution is 7.14. The third-order valence-electron chi connectivity index (χ3n) is 0.815. The van der Waals surface area contributed by atoms with Crippen molar-refractivity contribution in [1.82, 2.24) is 10.4 Å². The van der Waals surface area contributed by atoms with E-state index >= 15 is 0 Å². The third kappa shape index (κ3) is 14.4. The van der Waals surface area contributed by atoms with Gasteiger partial charge in [0.25, 0.3) is 0 Å². The van der Waals surface area contributed by atoms with Crippen LogP contribution in [0.5, 0.6) is 0 Å². The van der Waals surface area contributed by atoms with Gasteiger partial charge in [-0.2, -0.15) is 0 Å². The van der Waals surface area contributed by atoms with Crippen molar-refractivity contribution in [2.24, 2.45) is 0 Å². The van der Waals surface area contributed by atoms with Gasteiger partial charge in [-0.25, -0.2) is 0 Å². The zero-order valence-electron chi connectivity index (χ0n) is 8.23. The summed E-state index contributed by atoms with van der Waals surface area (Å²) in [6.45, 7) is 14.6. The van der Waals surface area contributed by atoms with E-state index in [-0.39, 0.29) is 0 Å². The molecule has 0 rings (SSSR count). The fourth-order valence-electron chi connectivity index (χ4n) is 0.297. The van der Waals surface area contributed by atoms with Gasteiger partial charge in [-0.1, -0.05) is 19.7 Å². The molecule has 0 aliphatic rings. The molecule has 0 radical (unpaired) electrons. The predicted octanol–water partition coefficient (Wildman–Crippen LogP) is 2.76. The molecule has 0 spiro atoms. The summed E-state index contributed by atoms with van der Waals surface area (Å²) in [6.07, 6.45) is 1.55. The lowest BCUT2D eigenvalue weighted by Crippen LogP contribution is -2.10. The van der Waals surface area contributed by atoms with E-state index in [2.05, 4.69) is 39.5 Å². The molecule has 0 saturated carbocycles. The second kappa shape index (κ2) is 9.63. The van der Waals surface area contributed by atoms with Gasteiger partial charge in [-0.15, -0.1) is 11.6 Å². The Morgan fingerprint density at radius 1 is 1.38 bits per heavy atom. The quantitative estimate of drug-likeness (QED) is 0.433. The molecule has 0 aliphatic carbocycles. The van der Waals surface area contributed by atoms with Crippen molar-refractivity contribution in [3.63, 3.8) is 0 Å². The van der Waals surface area contributed by atoms with Gasteiger partial charge in [-0.3, -0.25) is 0 Å². The molecule has 0 bridgehead atoms. The van der Waals surface area contributed by atoms with Crippen molar-refractivity contribution >= 4 is 21.0 Å². The maximum absolute atomic E-state index is 5.27. The highest BCUT2D eigenvalue weighted by Crippen LogP contribution is 1.97. The molecule has 1 unspecified atom stereocenters. The van der Waals surface area contributed by atoms with Crippen LogP contribution in [0.15, 0.2) is 37.3 Å². The molecule has 76 valence electrons. The van der Waals surface area contributed by atoms with Crippen molar-refractivity contribution < 1.29 is 0 Å². The highest BCUT2D eigenvalue weighted by Gasteiger charge is 1.90. The van der Waals surface area contributed by atoms with Crippen molar-refractivity contribution in [2.75, 3.05) is 0 Å². The third-order valence-corrected chi connectivity index (χ3v) is 1.16. The molecule has 0 aliphatic heterocycles. The van der Waals surface area contributed by atoms with E-state index in [4.69, 9.17) is 11.6 Å². The van der Waals surface area contributed by atoms with Gasteiger partial charge >= 0.3 is 0 Å². The summed E-state index contributed by atoms with van der Waals surface area (Å²) in [5.74, 6) is 0. The summed E-state index contributed by atoms with van der Waals surface area (Å²) < 4.78 is 0. The highest BCUT2D eigenvalue weighted by atomic mass is 35.5. The van der Waals surface area contributed by atoms with E-state index in [1.54, 1.807) is 6.20 Å². The molecule has 4 heteroatoms. The van der Waals surface area contributed by atoms with Crippen LogP contribution in [0.25, 0.3) is 0 Å². The van der Waals surface area contributed by atoms with Gasteiger partial charge in [0.2, 0.25) is 0 Å². The second-order valence-corrected chi connectivity index (χ2v) is 3.63. The van der Waals surface area contributed by atoms with E-state index in [9.17, 15) is 0 Å². The first-order valence-electron chi connectivity index (χ1n) is 3.82. The number of hydrogen-bond donors (Lipinski definition) is 2. The molecule has 0 amide bonds. The Hall–Kier alpha value is -0.460. The molecule has 1 atom stereocenters. The van der Waals surface area contributed by atoms with E-state index in [1.807, 2.05) is 13.8 Å². The lowest BCUT2D eigenvalue weighted by Gasteiger charge is -2.06. The van der Waals surface area contributed by atoms with E-state index in [0.717, 1.165) is 11.4 Å². The van der Waals surface area contributed by atoms with Crippen LogP contribution in [-0.2, 0) is 0 Å². The molecule has 13 heavy (non-hydrogen) atoms. The summed E-state index contributed by atoms with van der Waals surface area (Å²) in [5, 5.41) is 5.86. The molecule has 2 N–H and O–H groups in total. The molecule has 0 fully saturated rings. The Balaban J connectivity index is 0. The van der Waals surface area contributed by atoms with E-state index in [1.165, 1.54) is 0 Å². The van der Waals surface area contributed by atoms with Crippen LogP contribution in [0.2, 0.25) is 0 Å². The standard InChI is InChI=1S/C6H11N2P.C3H7Cl/c1-4-7-5(2)6(3)8-9;1-3(2)4/h4,7-8H,1-3,9H2;3H,1-2H3. The zero-order chi connectivity index (χ0) is 10.9. The van der Waals surface area contributed by atoms with Crippen LogP contribution >= 0.6 is 21.0 Å². The van der Waals surface area contributed by atoms with Crippen LogP contribution in [0.3, 0.4) is 0 Å².